The Hall–Kier alpha value is -2.57. The van der Waals surface area contributed by atoms with Crippen LogP contribution in [0.25, 0.3) is 0 Å². The Morgan fingerprint density at radius 2 is 2.11 bits per heavy atom. The number of benzene rings is 1. The van der Waals surface area contributed by atoms with Crippen LogP contribution >= 0.6 is 0 Å². The van der Waals surface area contributed by atoms with Gasteiger partial charge in [-0.25, -0.2) is 9.18 Å². The summed E-state index contributed by atoms with van der Waals surface area (Å²) in [6, 6.07) is 5.75. The van der Waals surface area contributed by atoms with Gasteiger partial charge in [-0.05, 0) is 63.8 Å². The molecule has 3 rings (SSSR count). The van der Waals surface area contributed by atoms with Crippen molar-refractivity contribution < 1.29 is 23.5 Å². The van der Waals surface area contributed by atoms with E-state index in [1.807, 2.05) is 11.0 Å². The van der Waals surface area contributed by atoms with Crippen molar-refractivity contribution in [3.05, 3.63) is 41.2 Å². The predicted octanol–water partition coefficient (Wildman–Crippen LogP) is 3.60. The molecule has 1 heterocycles. The molecule has 1 saturated carbocycles. The molecule has 28 heavy (non-hydrogen) atoms. The van der Waals surface area contributed by atoms with Crippen molar-refractivity contribution in [2.24, 2.45) is 0 Å². The Bertz CT molecular complexity index is 781. The van der Waals surface area contributed by atoms with E-state index < -0.39 is 11.7 Å². The summed E-state index contributed by atoms with van der Waals surface area (Å²) >= 11 is 0. The first-order valence-corrected chi connectivity index (χ1v) is 9.58. The lowest BCUT2D eigenvalue weighted by atomic mass is 9.98. The fraction of sp³-hybridized carbons (Fsp3) is 0.524. The zero-order chi connectivity index (χ0) is 20.3. The van der Waals surface area contributed by atoms with Gasteiger partial charge in [0.05, 0.1) is 6.33 Å². The molecule has 7 heteroatoms. The number of rotatable bonds is 6. The van der Waals surface area contributed by atoms with Gasteiger partial charge in [0.2, 0.25) is 0 Å². The van der Waals surface area contributed by atoms with Gasteiger partial charge in [0, 0.05) is 30.3 Å². The monoisotopic (exact) mass is 390 g/mol. The third kappa shape index (κ3) is 5.24. The van der Waals surface area contributed by atoms with Crippen molar-refractivity contribution in [2.75, 3.05) is 19.7 Å². The lowest BCUT2D eigenvalue weighted by Gasteiger charge is -2.28. The van der Waals surface area contributed by atoms with E-state index in [2.05, 4.69) is 5.32 Å². The van der Waals surface area contributed by atoms with Crippen LogP contribution in [0.4, 0.5) is 9.18 Å². The summed E-state index contributed by atoms with van der Waals surface area (Å²) in [5, 5.41) is 2.50. The summed E-state index contributed by atoms with van der Waals surface area (Å²) in [4.78, 5) is 26.2. The second-order valence-corrected chi connectivity index (χ2v) is 8.21. The quantitative estimate of drug-likeness (QED) is 0.806. The maximum absolute atomic E-state index is 13.1. The normalized spacial score (nSPS) is 17.2. The molecule has 0 atom stereocenters. The summed E-state index contributed by atoms with van der Waals surface area (Å²) in [6.45, 7) is 5.98. The van der Waals surface area contributed by atoms with E-state index in [1.54, 1.807) is 32.9 Å². The number of hydrogen-bond donors (Lipinski definition) is 1. The number of amides is 2. The molecule has 1 aromatic carbocycles. The number of ether oxygens (including phenoxy) is 2. The molecule has 1 aliphatic carbocycles. The van der Waals surface area contributed by atoms with Crippen molar-refractivity contribution in [1.29, 1.82) is 0 Å². The Labute approximate surface area is 164 Å². The fourth-order valence-electron chi connectivity index (χ4n) is 3.10. The maximum atomic E-state index is 13.1. The van der Waals surface area contributed by atoms with Crippen LogP contribution in [-0.4, -0.2) is 48.2 Å². The third-order valence-corrected chi connectivity index (χ3v) is 4.61. The van der Waals surface area contributed by atoms with Crippen LogP contribution in [0.15, 0.2) is 30.1 Å². The molecule has 0 spiro atoms. The second kappa shape index (κ2) is 8.20. The maximum Gasteiger partial charge on any atom is 0.407 e. The number of fused-ring (bicyclic) bond motifs is 1. The van der Waals surface area contributed by atoms with Crippen LogP contribution in [0.3, 0.4) is 0 Å². The zero-order valence-corrected chi connectivity index (χ0v) is 16.6. The summed E-state index contributed by atoms with van der Waals surface area (Å²) in [6.07, 6.45) is 2.79. The third-order valence-electron chi connectivity index (χ3n) is 4.61. The van der Waals surface area contributed by atoms with Crippen molar-refractivity contribution in [1.82, 2.24) is 10.2 Å². The smallest absolute Gasteiger partial charge is 0.407 e. The Kier molecular flexibility index (Phi) is 5.91. The van der Waals surface area contributed by atoms with Gasteiger partial charge in [0.15, 0.2) is 0 Å². The highest BCUT2D eigenvalue weighted by molar-refractivity contribution is 5.97. The molecule has 6 nitrogen and oxygen atoms in total. The van der Waals surface area contributed by atoms with Gasteiger partial charge >= 0.3 is 6.09 Å². The van der Waals surface area contributed by atoms with Crippen LogP contribution in [0, 0.1) is 0 Å². The van der Waals surface area contributed by atoms with Crippen LogP contribution in [-0.2, 0) is 11.2 Å². The standard InChI is InChI=1S/C21H27FN2O4/c1-21(2,3)28-20(26)23-12-14(11-22)13-27-17-6-7-18-15(10-17)8-9-24(19(18)25)16-4-5-16/h6-7,10-11,16H,4-5,8-9,12-13H2,1-3H3,(H,23,26)/b14-11-. The van der Waals surface area contributed by atoms with E-state index in [9.17, 15) is 14.0 Å². The number of hydrogen-bond acceptors (Lipinski definition) is 4. The highest BCUT2D eigenvalue weighted by Gasteiger charge is 2.35. The van der Waals surface area contributed by atoms with Crippen molar-refractivity contribution >= 4 is 12.0 Å². The van der Waals surface area contributed by atoms with E-state index in [1.165, 1.54) is 0 Å². The molecule has 0 radical (unpaired) electrons. The number of nitrogens with zero attached hydrogens (tertiary/aromatic N) is 1. The largest absolute Gasteiger partial charge is 0.489 e. The van der Waals surface area contributed by atoms with E-state index in [-0.39, 0.29) is 24.6 Å². The van der Waals surface area contributed by atoms with E-state index in [0.717, 1.165) is 36.9 Å². The van der Waals surface area contributed by atoms with Gasteiger partial charge in [0.1, 0.15) is 18.0 Å². The minimum absolute atomic E-state index is 0.00672. The molecule has 152 valence electrons. The second-order valence-electron chi connectivity index (χ2n) is 8.21. The van der Waals surface area contributed by atoms with Gasteiger partial charge in [-0.15, -0.1) is 0 Å². The minimum atomic E-state index is -0.615. The zero-order valence-electron chi connectivity index (χ0n) is 16.6. The minimum Gasteiger partial charge on any atom is -0.489 e. The molecule has 0 bridgehead atoms. The molecule has 0 saturated heterocycles. The van der Waals surface area contributed by atoms with E-state index in [4.69, 9.17) is 9.47 Å². The van der Waals surface area contributed by atoms with Crippen molar-refractivity contribution in [3.8, 4) is 5.75 Å². The average molecular weight is 390 g/mol. The lowest BCUT2D eigenvalue weighted by molar-refractivity contribution is 0.0531. The number of carbonyl (C=O) groups is 2. The molecule has 0 unspecified atom stereocenters. The molecule has 2 amide bonds. The first-order chi connectivity index (χ1) is 13.3. The van der Waals surface area contributed by atoms with Gasteiger partial charge in [-0.1, -0.05) is 0 Å². The highest BCUT2D eigenvalue weighted by atomic mass is 19.1. The number of nitrogens with one attached hydrogen (secondary N) is 1. The molecule has 1 fully saturated rings. The summed E-state index contributed by atoms with van der Waals surface area (Å²) in [5.41, 5.74) is 1.34. The fourth-order valence-corrected chi connectivity index (χ4v) is 3.10. The summed E-state index contributed by atoms with van der Waals surface area (Å²) in [7, 11) is 0. The average Bonchev–Trinajstić information content (AvgIpc) is 3.45. The molecule has 1 N–H and O–H groups in total. The van der Waals surface area contributed by atoms with Gasteiger partial charge < -0.3 is 19.7 Å². The summed E-state index contributed by atoms with van der Waals surface area (Å²) in [5.74, 6) is 0.657. The SMILES string of the molecule is CC(C)(C)OC(=O)NC/C(=C/F)COc1ccc2c(c1)CCN(C1CC1)C2=O. The predicted molar refractivity (Wildman–Crippen MR) is 103 cm³/mol. The Morgan fingerprint density at radius 3 is 2.75 bits per heavy atom. The van der Waals surface area contributed by atoms with Gasteiger partial charge in [-0.2, -0.15) is 0 Å². The molecular weight excluding hydrogens is 363 g/mol. The summed E-state index contributed by atoms with van der Waals surface area (Å²) < 4.78 is 23.9. The first kappa shape index (κ1) is 20.2. The first-order valence-electron chi connectivity index (χ1n) is 9.58. The topological polar surface area (TPSA) is 67.9 Å². The van der Waals surface area contributed by atoms with Crippen molar-refractivity contribution in [2.45, 2.75) is 51.7 Å². The van der Waals surface area contributed by atoms with E-state index in [0.29, 0.717) is 18.1 Å². The molecular formula is C21H27FN2O4. The van der Waals surface area contributed by atoms with Crippen LogP contribution in [0.5, 0.6) is 5.75 Å². The molecule has 2 aliphatic rings. The number of carbonyl (C=O) groups excluding carboxylic acids is 2. The highest BCUT2D eigenvalue weighted by Crippen LogP contribution is 2.32. The molecule has 1 aliphatic heterocycles. The van der Waals surface area contributed by atoms with Crippen molar-refractivity contribution in [3.63, 3.8) is 0 Å². The van der Waals surface area contributed by atoms with Gasteiger partial charge in [-0.3, -0.25) is 4.79 Å². The van der Waals surface area contributed by atoms with Crippen LogP contribution in [0.1, 0.15) is 49.5 Å². The van der Waals surface area contributed by atoms with Crippen LogP contribution < -0.4 is 10.1 Å². The molecule has 1 aromatic rings. The Balaban J connectivity index is 1.53. The van der Waals surface area contributed by atoms with Crippen LogP contribution in [0.2, 0.25) is 0 Å². The molecule has 0 aromatic heterocycles. The van der Waals surface area contributed by atoms with Gasteiger partial charge in [0.25, 0.3) is 5.91 Å². The number of alkyl carbamates (subject to hydrolysis) is 1. The van der Waals surface area contributed by atoms with E-state index >= 15 is 0 Å². The number of halogens is 1. The Morgan fingerprint density at radius 1 is 1.36 bits per heavy atom. The lowest BCUT2D eigenvalue weighted by Crippen LogP contribution is -2.39.